The van der Waals surface area contributed by atoms with E-state index in [0.29, 0.717) is 12.2 Å². The maximum Gasteiger partial charge on any atom is 0.234 e. The molecule has 0 aliphatic heterocycles. The minimum absolute atomic E-state index is 0.0590. The second kappa shape index (κ2) is 9.83. The van der Waals surface area contributed by atoms with Gasteiger partial charge in [-0.05, 0) is 30.6 Å². The molecule has 0 fully saturated rings. The molecule has 0 saturated carbocycles. The van der Waals surface area contributed by atoms with Crippen LogP contribution in [0.1, 0.15) is 39.7 Å². The van der Waals surface area contributed by atoms with Crippen molar-refractivity contribution in [2.24, 2.45) is 0 Å². The topological polar surface area (TPSA) is 50.4 Å². The van der Waals surface area contributed by atoms with Gasteiger partial charge in [-0.2, -0.15) is 0 Å². The van der Waals surface area contributed by atoms with Crippen LogP contribution >= 0.6 is 11.6 Å². The average molecular weight is 403 g/mol. The first-order valence-electron chi connectivity index (χ1n) is 9.05. The van der Waals surface area contributed by atoms with Crippen LogP contribution in [0.25, 0.3) is 0 Å². The fourth-order valence-electron chi connectivity index (χ4n) is 2.02. The molecule has 0 aliphatic carbocycles. The molecule has 1 atom stereocenters. The molecule has 1 aromatic rings. The highest BCUT2D eigenvalue weighted by atomic mass is 35.5. The van der Waals surface area contributed by atoms with Gasteiger partial charge in [0, 0.05) is 24.8 Å². The van der Waals surface area contributed by atoms with Crippen molar-refractivity contribution in [3.05, 3.63) is 34.6 Å². The second-order valence-corrected chi connectivity index (χ2v) is 13.3. The SMILES string of the molecule is CC[C@H](CO[Si](C)(C)C(C)(C)C)NCC(=O)NCc1cccc(Cl)c1F. The summed E-state index contributed by atoms with van der Waals surface area (Å²) in [5.41, 5.74) is 0.374. The van der Waals surface area contributed by atoms with E-state index in [4.69, 9.17) is 16.0 Å². The fourth-order valence-corrected chi connectivity index (χ4v) is 3.27. The zero-order valence-corrected chi connectivity index (χ0v) is 18.5. The smallest absolute Gasteiger partial charge is 0.234 e. The largest absolute Gasteiger partial charge is 0.415 e. The summed E-state index contributed by atoms with van der Waals surface area (Å²) in [5, 5.41) is 6.15. The van der Waals surface area contributed by atoms with Crippen LogP contribution in [0.5, 0.6) is 0 Å². The van der Waals surface area contributed by atoms with Crippen LogP contribution in [0.15, 0.2) is 18.2 Å². The molecule has 0 heterocycles. The van der Waals surface area contributed by atoms with Crippen molar-refractivity contribution in [3.63, 3.8) is 0 Å². The van der Waals surface area contributed by atoms with E-state index >= 15 is 0 Å². The van der Waals surface area contributed by atoms with E-state index in [2.05, 4.69) is 51.4 Å². The number of benzene rings is 1. The van der Waals surface area contributed by atoms with Crippen LogP contribution in [-0.2, 0) is 15.8 Å². The van der Waals surface area contributed by atoms with E-state index in [1.807, 2.05) is 0 Å². The number of amides is 1. The molecule has 148 valence electrons. The number of hydrogen-bond donors (Lipinski definition) is 2. The summed E-state index contributed by atoms with van der Waals surface area (Å²) in [5.74, 6) is -0.674. The Hall–Kier alpha value is -0.953. The second-order valence-electron chi connectivity index (χ2n) is 8.05. The third kappa shape index (κ3) is 6.99. The summed E-state index contributed by atoms with van der Waals surface area (Å²) in [6.07, 6.45) is 0.866. The number of rotatable bonds is 9. The molecule has 0 aliphatic rings. The predicted octanol–water partition coefficient (Wildman–Crippen LogP) is 4.49. The third-order valence-electron chi connectivity index (χ3n) is 5.00. The first-order chi connectivity index (χ1) is 12.0. The molecule has 0 saturated heterocycles. The number of carbonyl (C=O) groups is 1. The summed E-state index contributed by atoms with van der Waals surface area (Å²) >= 11 is 5.74. The van der Waals surface area contributed by atoms with Gasteiger partial charge in [-0.25, -0.2) is 4.39 Å². The molecule has 0 aromatic heterocycles. The van der Waals surface area contributed by atoms with E-state index in [9.17, 15) is 9.18 Å². The number of halogens is 2. The zero-order valence-electron chi connectivity index (χ0n) is 16.7. The van der Waals surface area contributed by atoms with Crippen LogP contribution in [-0.4, -0.2) is 33.4 Å². The van der Waals surface area contributed by atoms with Crippen molar-refractivity contribution < 1.29 is 13.6 Å². The maximum atomic E-state index is 13.8. The first kappa shape index (κ1) is 23.1. The molecule has 4 nitrogen and oxygen atoms in total. The maximum absolute atomic E-state index is 13.8. The Morgan fingerprint density at radius 1 is 1.35 bits per heavy atom. The van der Waals surface area contributed by atoms with Crippen molar-refractivity contribution in [1.29, 1.82) is 0 Å². The molecule has 1 amide bonds. The van der Waals surface area contributed by atoms with E-state index < -0.39 is 14.1 Å². The summed E-state index contributed by atoms with van der Waals surface area (Å²) in [6, 6.07) is 4.86. The van der Waals surface area contributed by atoms with E-state index in [0.717, 1.165) is 6.42 Å². The highest BCUT2D eigenvalue weighted by Gasteiger charge is 2.37. The molecule has 0 bridgehead atoms. The fraction of sp³-hybridized carbons (Fsp3) is 0.632. The Bertz CT molecular complexity index is 606. The molecule has 26 heavy (non-hydrogen) atoms. The van der Waals surface area contributed by atoms with E-state index in [-0.39, 0.29) is 35.1 Å². The summed E-state index contributed by atoms with van der Waals surface area (Å²) in [7, 11) is -1.81. The van der Waals surface area contributed by atoms with Gasteiger partial charge in [-0.15, -0.1) is 0 Å². The minimum atomic E-state index is -1.81. The zero-order chi connectivity index (χ0) is 20.0. The van der Waals surface area contributed by atoms with Gasteiger partial charge in [0.15, 0.2) is 8.32 Å². The standard InChI is InChI=1S/C19H32ClFN2O2Si/c1-7-15(13-25-26(5,6)19(2,3)4)22-12-17(24)23-11-14-9-8-10-16(20)18(14)21/h8-10,15,22H,7,11-13H2,1-6H3,(H,23,24)/t15-/m1/s1. The summed E-state index contributed by atoms with van der Waals surface area (Å²) in [6.45, 7) is 14.0. The van der Waals surface area contributed by atoms with Crippen LogP contribution in [0.3, 0.4) is 0 Å². The summed E-state index contributed by atoms with van der Waals surface area (Å²) < 4.78 is 20.0. The van der Waals surface area contributed by atoms with Gasteiger partial charge < -0.3 is 15.1 Å². The predicted molar refractivity (Wildman–Crippen MR) is 108 cm³/mol. The molecule has 1 aromatic carbocycles. The highest BCUT2D eigenvalue weighted by Crippen LogP contribution is 2.36. The normalized spacial score (nSPS) is 13.5. The third-order valence-corrected chi connectivity index (χ3v) is 9.80. The van der Waals surface area contributed by atoms with Gasteiger partial charge in [0.05, 0.1) is 11.6 Å². The van der Waals surface area contributed by atoms with Gasteiger partial charge >= 0.3 is 0 Å². The Morgan fingerprint density at radius 2 is 2.00 bits per heavy atom. The van der Waals surface area contributed by atoms with E-state index in [1.165, 1.54) is 6.07 Å². The molecular weight excluding hydrogens is 371 g/mol. The van der Waals surface area contributed by atoms with Gasteiger partial charge in [-0.1, -0.05) is 51.4 Å². The quantitative estimate of drug-likeness (QED) is 0.598. The summed E-state index contributed by atoms with van der Waals surface area (Å²) in [4.78, 5) is 12.0. The van der Waals surface area contributed by atoms with Crippen LogP contribution in [0, 0.1) is 5.82 Å². The van der Waals surface area contributed by atoms with Crippen molar-refractivity contribution in [2.45, 2.75) is 64.8 Å². The van der Waals surface area contributed by atoms with Crippen molar-refractivity contribution in [3.8, 4) is 0 Å². The molecule has 0 unspecified atom stereocenters. The van der Waals surface area contributed by atoms with Crippen LogP contribution < -0.4 is 10.6 Å². The van der Waals surface area contributed by atoms with Crippen LogP contribution in [0.4, 0.5) is 4.39 Å². The molecule has 2 N–H and O–H groups in total. The molecule has 1 rings (SSSR count). The van der Waals surface area contributed by atoms with Gasteiger partial charge in [0.1, 0.15) is 5.82 Å². The van der Waals surface area contributed by atoms with Crippen molar-refractivity contribution in [1.82, 2.24) is 10.6 Å². The molecule has 0 radical (unpaired) electrons. The monoisotopic (exact) mass is 402 g/mol. The lowest BCUT2D eigenvalue weighted by Gasteiger charge is -2.37. The molecule has 0 spiro atoms. The Labute approximate surface area is 163 Å². The Balaban J connectivity index is 2.43. The van der Waals surface area contributed by atoms with Crippen molar-refractivity contribution in [2.75, 3.05) is 13.2 Å². The lowest BCUT2D eigenvalue weighted by Crippen LogP contribution is -2.46. The highest BCUT2D eigenvalue weighted by molar-refractivity contribution is 6.74. The van der Waals surface area contributed by atoms with E-state index in [1.54, 1.807) is 12.1 Å². The number of nitrogens with one attached hydrogen (secondary N) is 2. The lowest BCUT2D eigenvalue weighted by atomic mass is 10.2. The average Bonchev–Trinajstić information content (AvgIpc) is 2.55. The number of carbonyl (C=O) groups excluding carboxylic acids is 1. The van der Waals surface area contributed by atoms with Crippen molar-refractivity contribution >= 4 is 25.8 Å². The first-order valence-corrected chi connectivity index (χ1v) is 12.3. The van der Waals surface area contributed by atoms with Crippen LogP contribution in [0.2, 0.25) is 23.2 Å². The van der Waals surface area contributed by atoms with Gasteiger partial charge in [-0.3, -0.25) is 4.79 Å². The Kier molecular flexibility index (Phi) is 8.73. The Morgan fingerprint density at radius 3 is 2.58 bits per heavy atom. The molecular formula is C19H32ClFN2O2Si. The van der Waals surface area contributed by atoms with Gasteiger partial charge in [0.25, 0.3) is 0 Å². The lowest BCUT2D eigenvalue weighted by molar-refractivity contribution is -0.120. The molecule has 7 heteroatoms. The van der Waals surface area contributed by atoms with Gasteiger partial charge in [0.2, 0.25) is 5.91 Å². The number of hydrogen-bond acceptors (Lipinski definition) is 3. The minimum Gasteiger partial charge on any atom is -0.415 e.